The van der Waals surface area contributed by atoms with Crippen LogP contribution in [0.3, 0.4) is 0 Å². The first-order valence-electron chi connectivity index (χ1n) is 18.8. The Balaban J connectivity index is 1.15. The van der Waals surface area contributed by atoms with Gasteiger partial charge in [0.1, 0.15) is 0 Å². The van der Waals surface area contributed by atoms with Crippen molar-refractivity contribution in [2.24, 2.45) is 0 Å². The number of hydrogen-bond donors (Lipinski definition) is 0. The minimum Gasteiger partial charge on any atom is -0.0616 e. The van der Waals surface area contributed by atoms with Crippen molar-refractivity contribution in [1.29, 1.82) is 0 Å². The van der Waals surface area contributed by atoms with E-state index in [2.05, 4.69) is 206 Å². The molecule has 0 radical (unpaired) electrons. The summed E-state index contributed by atoms with van der Waals surface area (Å²) in [6.07, 6.45) is 0. The largest absolute Gasteiger partial charge is 0.0616 e. The molecule has 0 fully saturated rings. The van der Waals surface area contributed by atoms with Crippen LogP contribution in [0, 0.1) is 0 Å². The third-order valence-electron chi connectivity index (χ3n) is 11.4. The van der Waals surface area contributed by atoms with Gasteiger partial charge in [-0.1, -0.05) is 182 Å². The van der Waals surface area contributed by atoms with Gasteiger partial charge in [0.15, 0.2) is 0 Å². The molecule has 250 valence electrons. The third-order valence-corrected chi connectivity index (χ3v) is 11.4. The highest BCUT2D eigenvalue weighted by molar-refractivity contribution is 6.27. The summed E-state index contributed by atoms with van der Waals surface area (Å²) in [5.41, 5.74) is 9.97. The normalized spacial score (nSPS) is 11.7. The third kappa shape index (κ3) is 4.85. The minimum absolute atomic E-state index is 1.21. The van der Waals surface area contributed by atoms with Gasteiger partial charge in [-0.15, -0.1) is 0 Å². The van der Waals surface area contributed by atoms with Crippen molar-refractivity contribution in [3.8, 4) is 44.5 Å². The first kappa shape index (κ1) is 30.6. The molecule has 0 aromatic heterocycles. The van der Waals surface area contributed by atoms with Gasteiger partial charge in [-0.05, 0) is 133 Å². The average Bonchev–Trinajstić information content (AvgIpc) is 3.25. The van der Waals surface area contributed by atoms with Gasteiger partial charge in [0.25, 0.3) is 0 Å². The van der Waals surface area contributed by atoms with Gasteiger partial charge in [0, 0.05) is 0 Å². The molecule has 0 amide bonds. The van der Waals surface area contributed by atoms with Crippen molar-refractivity contribution in [3.05, 3.63) is 206 Å². The molecule has 11 aromatic carbocycles. The molecule has 0 aliphatic rings. The quantitative estimate of drug-likeness (QED) is 0.128. The van der Waals surface area contributed by atoms with Crippen LogP contribution in [0.5, 0.6) is 0 Å². The van der Waals surface area contributed by atoms with Crippen molar-refractivity contribution < 1.29 is 0 Å². The number of hydrogen-bond acceptors (Lipinski definition) is 0. The predicted octanol–water partition coefficient (Wildman–Crippen LogP) is 15.3. The fraction of sp³-hybridized carbons (Fsp3) is 0. The molecule has 0 nitrogen and oxygen atoms in total. The molecule has 0 unspecified atom stereocenters. The van der Waals surface area contributed by atoms with Gasteiger partial charge < -0.3 is 0 Å². The van der Waals surface area contributed by atoms with Crippen molar-refractivity contribution in [1.82, 2.24) is 0 Å². The van der Waals surface area contributed by atoms with Crippen LogP contribution in [0.1, 0.15) is 0 Å². The molecular formula is C54H34. The smallest absolute Gasteiger partial charge is 0.00199 e. The van der Waals surface area contributed by atoms with Crippen molar-refractivity contribution in [3.63, 3.8) is 0 Å². The molecule has 0 heterocycles. The summed E-state index contributed by atoms with van der Waals surface area (Å²) in [6, 6.07) is 76.2. The van der Waals surface area contributed by atoms with E-state index in [9.17, 15) is 0 Å². The highest BCUT2D eigenvalue weighted by Gasteiger charge is 2.20. The fourth-order valence-corrected chi connectivity index (χ4v) is 8.88. The van der Waals surface area contributed by atoms with E-state index in [1.807, 2.05) is 0 Å². The summed E-state index contributed by atoms with van der Waals surface area (Å²) < 4.78 is 0. The lowest BCUT2D eigenvalue weighted by Crippen LogP contribution is -1.93. The number of fused-ring (bicyclic) bond motifs is 7. The van der Waals surface area contributed by atoms with Crippen LogP contribution in [-0.4, -0.2) is 0 Å². The van der Waals surface area contributed by atoms with Gasteiger partial charge in [0.05, 0.1) is 0 Å². The van der Waals surface area contributed by atoms with Gasteiger partial charge >= 0.3 is 0 Å². The summed E-state index contributed by atoms with van der Waals surface area (Å²) in [5, 5.41) is 15.2. The zero-order valence-electron chi connectivity index (χ0n) is 29.6. The molecule has 54 heavy (non-hydrogen) atoms. The van der Waals surface area contributed by atoms with Gasteiger partial charge in [-0.2, -0.15) is 0 Å². The Hall–Kier alpha value is -7.02. The molecule has 0 bridgehead atoms. The van der Waals surface area contributed by atoms with Crippen LogP contribution in [0.4, 0.5) is 0 Å². The standard InChI is InChI=1S/C54H34/c1-2-14-38-31-39(30-29-35(38)13-1)36-25-27-37(28-26-36)42-32-40-15-3-6-18-44(40)51(34-42)53-47-21-9-11-23-49(47)54(50-24-12-10-22-48(50)53)52-33-41-16-4-5-17-43(41)45-19-7-8-20-46(45)52/h1-34H. The molecule has 0 N–H and O–H groups in total. The monoisotopic (exact) mass is 682 g/mol. The molecule has 0 heteroatoms. The van der Waals surface area contributed by atoms with E-state index in [1.54, 1.807) is 0 Å². The first-order valence-corrected chi connectivity index (χ1v) is 18.8. The first-order chi connectivity index (χ1) is 26.8. The Bertz CT molecular complexity index is 3200. The highest BCUT2D eigenvalue weighted by Crippen LogP contribution is 2.48. The minimum atomic E-state index is 1.21. The van der Waals surface area contributed by atoms with Crippen LogP contribution in [0.2, 0.25) is 0 Å². The Morgan fingerprint density at radius 1 is 0.185 bits per heavy atom. The molecule has 0 saturated heterocycles. The van der Waals surface area contributed by atoms with Crippen LogP contribution in [-0.2, 0) is 0 Å². The Morgan fingerprint density at radius 3 is 1.19 bits per heavy atom. The Kier molecular flexibility index (Phi) is 6.97. The molecular weight excluding hydrogens is 649 g/mol. The van der Waals surface area contributed by atoms with E-state index in [1.165, 1.54) is 109 Å². The number of rotatable bonds is 4. The van der Waals surface area contributed by atoms with E-state index >= 15 is 0 Å². The number of benzene rings is 11. The predicted molar refractivity (Wildman–Crippen MR) is 233 cm³/mol. The maximum Gasteiger partial charge on any atom is -0.00199 e. The molecule has 11 aromatic rings. The Morgan fingerprint density at radius 2 is 0.574 bits per heavy atom. The highest BCUT2D eigenvalue weighted by atomic mass is 14.2. The second-order valence-corrected chi connectivity index (χ2v) is 14.4. The second kappa shape index (κ2) is 12.3. The Labute approximate surface area is 314 Å². The summed E-state index contributed by atoms with van der Waals surface area (Å²) in [7, 11) is 0. The van der Waals surface area contributed by atoms with E-state index in [-0.39, 0.29) is 0 Å². The van der Waals surface area contributed by atoms with E-state index in [0.717, 1.165) is 0 Å². The zero-order valence-corrected chi connectivity index (χ0v) is 29.6. The molecule has 0 saturated carbocycles. The molecule has 0 atom stereocenters. The maximum absolute atomic E-state index is 2.42. The second-order valence-electron chi connectivity index (χ2n) is 14.4. The lowest BCUT2D eigenvalue weighted by molar-refractivity contribution is 1.61. The molecule has 0 aliphatic carbocycles. The summed E-state index contributed by atoms with van der Waals surface area (Å²) in [5.74, 6) is 0. The van der Waals surface area contributed by atoms with Crippen LogP contribution in [0.25, 0.3) is 109 Å². The maximum atomic E-state index is 2.42. The topological polar surface area (TPSA) is 0 Å². The van der Waals surface area contributed by atoms with Crippen LogP contribution in [0.15, 0.2) is 206 Å². The van der Waals surface area contributed by atoms with Crippen LogP contribution < -0.4 is 0 Å². The van der Waals surface area contributed by atoms with E-state index in [0.29, 0.717) is 0 Å². The molecule has 0 aliphatic heterocycles. The van der Waals surface area contributed by atoms with Gasteiger partial charge in [0.2, 0.25) is 0 Å². The lowest BCUT2D eigenvalue weighted by Gasteiger charge is -2.21. The molecule has 0 spiro atoms. The SMILES string of the molecule is c1ccc2cc(-c3ccc(-c4cc(-c5c6ccccc6c(-c6cc7ccccc7c7ccccc67)c6ccccc56)c5ccccc5c4)cc3)ccc2c1. The fourth-order valence-electron chi connectivity index (χ4n) is 8.88. The van der Waals surface area contributed by atoms with Crippen molar-refractivity contribution >= 4 is 64.6 Å². The zero-order chi connectivity index (χ0) is 35.6. The summed E-state index contributed by atoms with van der Waals surface area (Å²) in [6.45, 7) is 0. The van der Waals surface area contributed by atoms with Gasteiger partial charge in [-0.25, -0.2) is 0 Å². The lowest BCUT2D eigenvalue weighted by atomic mass is 9.82. The van der Waals surface area contributed by atoms with Crippen molar-refractivity contribution in [2.45, 2.75) is 0 Å². The summed E-state index contributed by atoms with van der Waals surface area (Å²) >= 11 is 0. The van der Waals surface area contributed by atoms with Gasteiger partial charge in [-0.3, -0.25) is 0 Å². The average molecular weight is 683 g/mol. The van der Waals surface area contributed by atoms with E-state index < -0.39 is 0 Å². The summed E-state index contributed by atoms with van der Waals surface area (Å²) in [4.78, 5) is 0. The van der Waals surface area contributed by atoms with Crippen molar-refractivity contribution in [2.75, 3.05) is 0 Å². The van der Waals surface area contributed by atoms with Crippen LogP contribution >= 0.6 is 0 Å². The molecule has 11 rings (SSSR count). The van der Waals surface area contributed by atoms with E-state index in [4.69, 9.17) is 0 Å².